The lowest BCUT2D eigenvalue weighted by atomic mass is 10.1. The fraction of sp³-hybridized carbons (Fsp3) is 0.467. The number of carbonyl (C=O) groups is 2. The second kappa shape index (κ2) is 5.73. The molecular weight excluding hydrogens is 272 g/mol. The Morgan fingerprint density at radius 1 is 1.29 bits per heavy atom. The maximum atomic E-state index is 12.5. The van der Waals surface area contributed by atoms with E-state index in [9.17, 15) is 9.59 Å². The fourth-order valence-electron chi connectivity index (χ4n) is 2.62. The van der Waals surface area contributed by atoms with Crippen molar-refractivity contribution in [2.24, 2.45) is 0 Å². The van der Waals surface area contributed by atoms with Crippen LogP contribution in [0, 0.1) is 0 Å². The van der Waals surface area contributed by atoms with E-state index in [1.165, 1.54) is 0 Å². The minimum atomic E-state index is -0.361. The summed E-state index contributed by atoms with van der Waals surface area (Å²) in [5.41, 5.74) is 1.28. The van der Waals surface area contributed by atoms with Crippen LogP contribution in [-0.2, 0) is 9.47 Å². The molecule has 2 heterocycles. The SMILES string of the molecule is C[C@H]1CN(C(=O)c2cccc(N3CCOC3=O)c2)CCO1. The number of carbonyl (C=O) groups excluding carboxylic acids is 2. The molecule has 0 bridgehead atoms. The highest BCUT2D eigenvalue weighted by Gasteiger charge is 2.26. The van der Waals surface area contributed by atoms with Gasteiger partial charge in [0.05, 0.1) is 19.3 Å². The Balaban J connectivity index is 1.79. The first-order valence-electron chi connectivity index (χ1n) is 7.10. The highest BCUT2D eigenvalue weighted by molar-refractivity contribution is 5.97. The van der Waals surface area contributed by atoms with Crippen molar-refractivity contribution in [3.05, 3.63) is 29.8 Å². The maximum Gasteiger partial charge on any atom is 0.414 e. The van der Waals surface area contributed by atoms with E-state index in [1.54, 1.807) is 28.0 Å². The van der Waals surface area contributed by atoms with Gasteiger partial charge in [-0.2, -0.15) is 0 Å². The van der Waals surface area contributed by atoms with E-state index in [-0.39, 0.29) is 18.1 Å². The molecule has 112 valence electrons. The van der Waals surface area contributed by atoms with Gasteiger partial charge in [-0.1, -0.05) is 6.07 Å². The molecule has 2 fully saturated rings. The van der Waals surface area contributed by atoms with Crippen LogP contribution in [0.5, 0.6) is 0 Å². The molecule has 2 amide bonds. The van der Waals surface area contributed by atoms with E-state index in [2.05, 4.69) is 0 Å². The Kier molecular flexibility index (Phi) is 3.79. The highest BCUT2D eigenvalue weighted by Crippen LogP contribution is 2.21. The third-order valence-electron chi connectivity index (χ3n) is 3.69. The summed E-state index contributed by atoms with van der Waals surface area (Å²) >= 11 is 0. The van der Waals surface area contributed by atoms with Gasteiger partial charge in [0, 0.05) is 24.3 Å². The first kappa shape index (κ1) is 13.9. The van der Waals surface area contributed by atoms with E-state index >= 15 is 0 Å². The number of rotatable bonds is 2. The van der Waals surface area contributed by atoms with Gasteiger partial charge in [-0.05, 0) is 25.1 Å². The van der Waals surface area contributed by atoms with E-state index in [1.807, 2.05) is 13.0 Å². The molecule has 0 spiro atoms. The third-order valence-corrected chi connectivity index (χ3v) is 3.69. The Labute approximate surface area is 123 Å². The van der Waals surface area contributed by atoms with Crippen molar-refractivity contribution in [3.8, 4) is 0 Å². The highest BCUT2D eigenvalue weighted by atomic mass is 16.6. The van der Waals surface area contributed by atoms with Crippen molar-refractivity contribution in [1.82, 2.24) is 4.90 Å². The zero-order valence-corrected chi connectivity index (χ0v) is 11.9. The normalized spacial score (nSPS) is 22.3. The predicted molar refractivity (Wildman–Crippen MR) is 76.5 cm³/mol. The fourth-order valence-corrected chi connectivity index (χ4v) is 2.62. The average Bonchev–Trinajstić information content (AvgIpc) is 2.93. The molecule has 0 aromatic heterocycles. The minimum absolute atomic E-state index is 0.0282. The molecule has 2 aliphatic heterocycles. The average molecular weight is 290 g/mol. The van der Waals surface area contributed by atoms with Gasteiger partial charge < -0.3 is 14.4 Å². The van der Waals surface area contributed by atoms with Gasteiger partial charge in [-0.15, -0.1) is 0 Å². The molecule has 0 saturated carbocycles. The lowest BCUT2D eigenvalue weighted by molar-refractivity contribution is -0.0124. The zero-order chi connectivity index (χ0) is 14.8. The van der Waals surface area contributed by atoms with Crippen LogP contribution in [0.25, 0.3) is 0 Å². The molecule has 1 atom stereocenters. The number of morpholine rings is 1. The first-order valence-corrected chi connectivity index (χ1v) is 7.10. The quantitative estimate of drug-likeness (QED) is 0.828. The standard InChI is InChI=1S/C15H18N2O4/c1-11-10-16(5-7-20-11)14(18)12-3-2-4-13(9-12)17-6-8-21-15(17)19/h2-4,9,11H,5-8,10H2,1H3/t11-/m0/s1. The van der Waals surface area contributed by atoms with E-state index in [0.29, 0.717) is 44.1 Å². The molecule has 0 aliphatic carbocycles. The number of hydrogen-bond acceptors (Lipinski definition) is 4. The van der Waals surface area contributed by atoms with Gasteiger partial charge in [0.2, 0.25) is 0 Å². The summed E-state index contributed by atoms with van der Waals surface area (Å²) in [4.78, 5) is 27.4. The van der Waals surface area contributed by atoms with Gasteiger partial charge >= 0.3 is 6.09 Å². The number of nitrogens with zero attached hydrogens (tertiary/aromatic N) is 2. The lowest BCUT2D eigenvalue weighted by Gasteiger charge is -2.31. The van der Waals surface area contributed by atoms with Gasteiger partial charge in [0.25, 0.3) is 5.91 Å². The Morgan fingerprint density at radius 2 is 2.14 bits per heavy atom. The van der Waals surface area contributed by atoms with Gasteiger partial charge in [0.1, 0.15) is 6.61 Å². The van der Waals surface area contributed by atoms with Gasteiger partial charge in [0.15, 0.2) is 0 Å². The smallest absolute Gasteiger partial charge is 0.414 e. The van der Waals surface area contributed by atoms with Crippen molar-refractivity contribution in [1.29, 1.82) is 0 Å². The molecule has 0 unspecified atom stereocenters. The topological polar surface area (TPSA) is 59.1 Å². The van der Waals surface area contributed by atoms with Crippen molar-refractivity contribution >= 4 is 17.7 Å². The summed E-state index contributed by atoms with van der Waals surface area (Å²) in [6, 6.07) is 7.12. The Bertz CT molecular complexity index is 560. The van der Waals surface area contributed by atoms with E-state index in [4.69, 9.17) is 9.47 Å². The number of cyclic esters (lactones) is 1. The van der Waals surface area contributed by atoms with Crippen molar-refractivity contribution < 1.29 is 19.1 Å². The van der Waals surface area contributed by atoms with Crippen LogP contribution >= 0.6 is 0 Å². The molecule has 3 rings (SSSR count). The molecule has 21 heavy (non-hydrogen) atoms. The lowest BCUT2D eigenvalue weighted by Crippen LogP contribution is -2.44. The van der Waals surface area contributed by atoms with Crippen LogP contribution in [0.4, 0.5) is 10.5 Å². The number of benzene rings is 1. The summed E-state index contributed by atoms with van der Waals surface area (Å²) < 4.78 is 10.4. The van der Waals surface area contributed by atoms with Crippen molar-refractivity contribution in [2.75, 3.05) is 37.7 Å². The zero-order valence-electron chi connectivity index (χ0n) is 11.9. The number of hydrogen-bond donors (Lipinski definition) is 0. The summed E-state index contributed by atoms with van der Waals surface area (Å²) in [5.74, 6) is -0.0282. The first-order chi connectivity index (χ1) is 10.1. The molecule has 1 aromatic rings. The summed E-state index contributed by atoms with van der Waals surface area (Å²) in [7, 11) is 0. The second-order valence-corrected chi connectivity index (χ2v) is 5.25. The largest absolute Gasteiger partial charge is 0.447 e. The van der Waals surface area contributed by atoms with Crippen LogP contribution < -0.4 is 4.90 Å². The second-order valence-electron chi connectivity index (χ2n) is 5.25. The summed E-state index contributed by atoms with van der Waals surface area (Å²) in [6.07, 6.45) is -0.306. The third kappa shape index (κ3) is 2.85. The monoisotopic (exact) mass is 290 g/mol. The van der Waals surface area contributed by atoms with Gasteiger partial charge in [-0.3, -0.25) is 9.69 Å². The molecule has 1 aromatic carbocycles. The Morgan fingerprint density at radius 3 is 2.86 bits per heavy atom. The summed E-state index contributed by atoms with van der Waals surface area (Å²) in [6.45, 7) is 4.61. The van der Waals surface area contributed by atoms with Gasteiger partial charge in [-0.25, -0.2) is 4.79 Å². The molecule has 0 radical (unpaired) electrons. The number of ether oxygens (including phenoxy) is 2. The molecule has 0 N–H and O–H groups in total. The molecule has 6 nitrogen and oxygen atoms in total. The van der Waals surface area contributed by atoms with Crippen LogP contribution in [0.15, 0.2) is 24.3 Å². The van der Waals surface area contributed by atoms with E-state index in [0.717, 1.165) is 0 Å². The molecular formula is C15H18N2O4. The molecule has 2 aliphatic rings. The predicted octanol–water partition coefficient (Wildman–Crippen LogP) is 1.50. The summed E-state index contributed by atoms with van der Waals surface area (Å²) in [5, 5.41) is 0. The van der Waals surface area contributed by atoms with Crippen molar-refractivity contribution in [2.45, 2.75) is 13.0 Å². The molecule has 2 saturated heterocycles. The van der Waals surface area contributed by atoms with Crippen LogP contribution in [0.2, 0.25) is 0 Å². The minimum Gasteiger partial charge on any atom is -0.447 e. The van der Waals surface area contributed by atoms with Crippen LogP contribution in [0.1, 0.15) is 17.3 Å². The maximum absolute atomic E-state index is 12.5. The number of anilines is 1. The Hall–Kier alpha value is -2.08. The molecule has 6 heteroatoms. The van der Waals surface area contributed by atoms with Crippen LogP contribution in [0.3, 0.4) is 0 Å². The number of amides is 2. The van der Waals surface area contributed by atoms with Crippen molar-refractivity contribution in [3.63, 3.8) is 0 Å². The van der Waals surface area contributed by atoms with E-state index < -0.39 is 0 Å². The van der Waals surface area contributed by atoms with Crippen LogP contribution in [-0.4, -0.2) is 55.9 Å².